The van der Waals surface area contributed by atoms with Gasteiger partial charge in [-0.15, -0.1) is 0 Å². The number of methoxy groups -OCH3 is 1. The Kier molecular flexibility index (Phi) is 5.22. The summed E-state index contributed by atoms with van der Waals surface area (Å²) in [6.07, 6.45) is 0.701. The molecule has 3 nitrogen and oxygen atoms in total. The van der Waals surface area contributed by atoms with Gasteiger partial charge in [0.05, 0.1) is 18.7 Å². The average Bonchev–Trinajstić information content (AvgIpc) is 2.29. The Labute approximate surface area is 108 Å². The second kappa shape index (κ2) is 6.45. The van der Waals surface area contributed by atoms with E-state index in [2.05, 4.69) is 6.92 Å². The Balaban J connectivity index is 2.92. The lowest BCUT2D eigenvalue weighted by molar-refractivity contribution is 0.310. The van der Waals surface area contributed by atoms with Crippen molar-refractivity contribution in [2.75, 3.05) is 13.7 Å². The zero-order chi connectivity index (χ0) is 12.8. The Morgan fingerprint density at radius 1 is 1.41 bits per heavy atom. The lowest BCUT2D eigenvalue weighted by atomic mass is 9.97. The van der Waals surface area contributed by atoms with E-state index in [-0.39, 0.29) is 5.92 Å². The van der Waals surface area contributed by atoms with E-state index in [0.717, 1.165) is 17.1 Å². The maximum Gasteiger partial charge on any atom is 0.161 e. The van der Waals surface area contributed by atoms with Crippen molar-refractivity contribution < 1.29 is 9.47 Å². The fourth-order valence-corrected chi connectivity index (χ4v) is 1.94. The van der Waals surface area contributed by atoms with E-state index in [4.69, 9.17) is 27.4 Å². The topological polar surface area (TPSA) is 44.5 Å². The van der Waals surface area contributed by atoms with E-state index >= 15 is 0 Å². The lowest BCUT2D eigenvalue weighted by Crippen LogP contribution is -2.11. The summed E-state index contributed by atoms with van der Waals surface area (Å²) in [6, 6.07) is 5.93. The first-order valence-electron chi connectivity index (χ1n) is 5.67. The highest BCUT2D eigenvalue weighted by Crippen LogP contribution is 2.31. The number of ether oxygens (including phenoxy) is 2. The Bertz CT molecular complexity index is 393. The molecular formula is C13H19NO2S. The van der Waals surface area contributed by atoms with Crippen LogP contribution in [0.15, 0.2) is 18.2 Å². The molecule has 0 heterocycles. The normalized spacial score (nSPS) is 11.9. The molecule has 2 N–H and O–H groups in total. The molecule has 0 bridgehead atoms. The van der Waals surface area contributed by atoms with Crippen molar-refractivity contribution in [2.45, 2.75) is 26.2 Å². The third kappa shape index (κ3) is 3.89. The fraction of sp³-hybridized carbons (Fsp3) is 0.462. The molecule has 1 unspecified atom stereocenters. The Hall–Kier alpha value is -1.29. The summed E-state index contributed by atoms with van der Waals surface area (Å²) in [6.45, 7) is 4.66. The molecule has 1 rings (SSSR count). The molecule has 1 aromatic carbocycles. The summed E-state index contributed by atoms with van der Waals surface area (Å²) in [5.41, 5.74) is 6.71. The summed E-state index contributed by atoms with van der Waals surface area (Å²) in [7, 11) is 1.64. The quantitative estimate of drug-likeness (QED) is 0.792. The number of hydrogen-bond donors (Lipinski definition) is 1. The van der Waals surface area contributed by atoms with Crippen molar-refractivity contribution in [3.8, 4) is 11.5 Å². The third-order valence-electron chi connectivity index (χ3n) is 2.56. The van der Waals surface area contributed by atoms with Crippen LogP contribution in [0.25, 0.3) is 0 Å². The van der Waals surface area contributed by atoms with Crippen molar-refractivity contribution >= 4 is 17.2 Å². The van der Waals surface area contributed by atoms with Gasteiger partial charge < -0.3 is 15.2 Å². The van der Waals surface area contributed by atoms with Gasteiger partial charge in [-0.05, 0) is 30.5 Å². The number of hydrogen-bond acceptors (Lipinski definition) is 3. The predicted octanol–water partition coefficient (Wildman–Crippen LogP) is 2.87. The van der Waals surface area contributed by atoms with Crippen molar-refractivity contribution in [2.24, 2.45) is 5.73 Å². The summed E-state index contributed by atoms with van der Waals surface area (Å²) in [4.78, 5) is 0.533. The van der Waals surface area contributed by atoms with Gasteiger partial charge in [-0.2, -0.15) is 0 Å². The molecule has 94 valence electrons. The second-order valence-electron chi connectivity index (χ2n) is 3.91. The molecule has 0 amide bonds. The maximum atomic E-state index is 5.55. The predicted molar refractivity (Wildman–Crippen MR) is 74.0 cm³/mol. The van der Waals surface area contributed by atoms with Crippen LogP contribution in [0.1, 0.15) is 31.7 Å². The number of nitrogens with two attached hydrogens (primary N) is 1. The van der Waals surface area contributed by atoms with Crippen LogP contribution in [-0.4, -0.2) is 18.7 Å². The van der Waals surface area contributed by atoms with Crippen LogP contribution in [0.4, 0.5) is 0 Å². The molecule has 0 aliphatic rings. The molecule has 0 spiro atoms. The van der Waals surface area contributed by atoms with E-state index in [1.54, 1.807) is 7.11 Å². The first-order chi connectivity index (χ1) is 8.08. The Morgan fingerprint density at radius 2 is 2.12 bits per heavy atom. The smallest absolute Gasteiger partial charge is 0.161 e. The van der Waals surface area contributed by atoms with E-state index in [0.29, 0.717) is 18.0 Å². The fourth-order valence-electron chi connectivity index (χ4n) is 1.69. The van der Waals surface area contributed by atoms with Crippen molar-refractivity contribution in [1.29, 1.82) is 0 Å². The van der Waals surface area contributed by atoms with E-state index < -0.39 is 0 Å². The van der Waals surface area contributed by atoms with Crippen LogP contribution in [0.5, 0.6) is 11.5 Å². The summed E-state index contributed by atoms with van der Waals surface area (Å²) in [5.74, 6) is 1.80. The molecule has 1 atom stereocenters. The van der Waals surface area contributed by atoms with Gasteiger partial charge in [-0.1, -0.05) is 25.2 Å². The molecule has 0 saturated heterocycles. The zero-order valence-corrected chi connectivity index (χ0v) is 11.3. The molecule has 0 aliphatic carbocycles. The van der Waals surface area contributed by atoms with Crippen molar-refractivity contribution in [3.63, 3.8) is 0 Å². The second-order valence-corrected chi connectivity index (χ2v) is 4.44. The van der Waals surface area contributed by atoms with Crippen LogP contribution in [0, 0.1) is 0 Å². The SMILES string of the molecule is CCOc1ccc(C(C)CC(N)=S)cc1OC. The van der Waals surface area contributed by atoms with Crippen LogP contribution >= 0.6 is 12.2 Å². The van der Waals surface area contributed by atoms with Crippen LogP contribution in [-0.2, 0) is 0 Å². The lowest BCUT2D eigenvalue weighted by Gasteiger charge is -2.15. The first-order valence-corrected chi connectivity index (χ1v) is 6.08. The number of benzene rings is 1. The highest BCUT2D eigenvalue weighted by Gasteiger charge is 2.11. The van der Waals surface area contributed by atoms with Gasteiger partial charge in [0.15, 0.2) is 11.5 Å². The zero-order valence-electron chi connectivity index (χ0n) is 10.5. The van der Waals surface area contributed by atoms with Crippen LogP contribution in [0.3, 0.4) is 0 Å². The summed E-state index contributed by atoms with van der Waals surface area (Å²) < 4.78 is 10.8. The van der Waals surface area contributed by atoms with E-state index in [1.807, 2.05) is 25.1 Å². The van der Waals surface area contributed by atoms with Gasteiger partial charge in [-0.3, -0.25) is 0 Å². The average molecular weight is 253 g/mol. The third-order valence-corrected chi connectivity index (χ3v) is 2.73. The van der Waals surface area contributed by atoms with Crippen molar-refractivity contribution in [3.05, 3.63) is 23.8 Å². The summed E-state index contributed by atoms with van der Waals surface area (Å²) >= 11 is 4.92. The number of thiocarbonyl (C=S) groups is 1. The molecule has 17 heavy (non-hydrogen) atoms. The molecule has 1 aromatic rings. The minimum Gasteiger partial charge on any atom is -0.493 e. The molecule has 0 aliphatic heterocycles. The van der Waals surface area contributed by atoms with Gasteiger partial charge in [0.25, 0.3) is 0 Å². The maximum absolute atomic E-state index is 5.55. The molecule has 0 aromatic heterocycles. The summed E-state index contributed by atoms with van der Waals surface area (Å²) in [5, 5.41) is 0. The molecule has 0 saturated carbocycles. The molecule has 0 fully saturated rings. The highest BCUT2D eigenvalue weighted by atomic mass is 32.1. The van der Waals surface area contributed by atoms with Crippen molar-refractivity contribution in [1.82, 2.24) is 0 Å². The van der Waals surface area contributed by atoms with Gasteiger partial charge in [0.2, 0.25) is 0 Å². The first kappa shape index (κ1) is 13.8. The minimum absolute atomic E-state index is 0.289. The van der Waals surface area contributed by atoms with Gasteiger partial charge in [-0.25, -0.2) is 0 Å². The van der Waals surface area contributed by atoms with E-state index in [9.17, 15) is 0 Å². The van der Waals surface area contributed by atoms with Gasteiger partial charge in [0, 0.05) is 6.42 Å². The van der Waals surface area contributed by atoms with Crippen LogP contribution in [0.2, 0.25) is 0 Å². The van der Waals surface area contributed by atoms with Gasteiger partial charge >= 0.3 is 0 Å². The van der Waals surface area contributed by atoms with Gasteiger partial charge in [0.1, 0.15) is 0 Å². The molecular weight excluding hydrogens is 234 g/mol. The molecule has 0 radical (unpaired) electrons. The largest absolute Gasteiger partial charge is 0.493 e. The number of rotatable bonds is 6. The van der Waals surface area contributed by atoms with E-state index in [1.165, 1.54) is 0 Å². The van der Waals surface area contributed by atoms with Crippen LogP contribution < -0.4 is 15.2 Å². The molecule has 4 heteroatoms. The Morgan fingerprint density at radius 3 is 2.65 bits per heavy atom. The standard InChI is InChI=1S/C13H19NO2S/c1-4-16-11-6-5-10(8-12(11)15-3)9(2)7-13(14)17/h5-6,8-9H,4,7H2,1-3H3,(H2,14,17). The highest BCUT2D eigenvalue weighted by molar-refractivity contribution is 7.80. The monoisotopic (exact) mass is 253 g/mol. The minimum atomic E-state index is 0.289.